The molecule has 0 aliphatic carbocycles. The maximum absolute atomic E-state index is 14.4. The van der Waals surface area contributed by atoms with Crippen molar-refractivity contribution in [1.29, 1.82) is 0 Å². The van der Waals surface area contributed by atoms with Gasteiger partial charge in [-0.2, -0.15) is 18.3 Å². The number of benzene rings is 2. The lowest BCUT2D eigenvalue weighted by Crippen LogP contribution is -2.08. The third-order valence-electron chi connectivity index (χ3n) is 4.42. The summed E-state index contributed by atoms with van der Waals surface area (Å²) in [4.78, 5) is 3.45. The van der Waals surface area contributed by atoms with Crippen LogP contribution >= 0.6 is 0 Å². The average molecular weight is 451 g/mol. The number of hydrogen-bond donors (Lipinski definition) is 0. The van der Waals surface area contributed by atoms with Crippen molar-refractivity contribution in [3.63, 3.8) is 0 Å². The van der Waals surface area contributed by atoms with Crippen molar-refractivity contribution in [2.75, 3.05) is 6.26 Å². The van der Waals surface area contributed by atoms with Crippen LogP contribution in [0.1, 0.15) is 5.69 Å². The van der Waals surface area contributed by atoms with Crippen LogP contribution in [0.5, 0.6) is 0 Å². The molecule has 0 saturated carbocycles. The summed E-state index contributed by atoms with van der Waals surface area (Å²) in [5.74, 6) is -0.747. The molecule has 0 unspecified atom stereocenters. The number of hydrogen-bond acceptors (Lipinski definition) is 5. The van der Waals surface area contributed by atoms with Crippen LogP contribution in [-0.4, -0.2) is 29.4 Å². The molecule has 0 radical (unpaired) electrons. The lowest BCUT2D eigenvalue weighted by atomic mass is 10.1. The molecule has 4 aromatic rings. The molecule has 4 rings (SSSR count). The molecule has 0 amide bonds. The number of rotatable bonds is 4. The Hall–Kier alpha value is -3.47. The van der Waals surface area contributed by atoms with Crippen LogP contribution in [0.2, 0.25) is 0 Å². The summed E-state index contributed by atoms with van der Waals surface area (Å²) in [6, 6.07) is 10.2. The molecule has 0 aliphatic heterocycles. The lowest BCUT2D eigenvalue weighted by Gasteiger charge is -2.10. The number of aromatic nitrogens is 3. The molecule has 0 saturated heterocycles. The van der Waals surface area contributed by atoms with Crippen molar-refractivity contribution >= 4 is 9.84 Å². The zero-order valence-corrected chi connectivity index (χ0v) is 16.6. The van der Waals surface area contributed by atoms with E-state index in [1.807, 2.05) is 0 Å². The molecule has 2 aromatic heterocycles. The maximum atomic E-state index is 14.4. The van der Waals surface area contributed by atoms with Crippen molar-refractivity contribution in [2.45, 2.75) is 11.1 Å². The van der Waals surface area contributed by atoms with Crippen molar-refractivity contribution in [3.05, 3.63) is 72.5 Å². The SMILES string of the molecule is CS(=O)(=O)c1ccc(-n2nc(C(F)(F)F)cc2-c2ccc(-c3ncco3)cc2)cc1F. The van der Waals surface area contributed by atoms with Crippen LogP contribution in [-0.2, 0) is 16.0 Å². The summed E-state index contributed by atoms with van der Waals surface area (Å²) in [6.45, 7) is 0. The third kappa shape index (κ3) is 4.08. The quantitative estimate of drug-likeness (QED) is 0.418. The van der Waals surface area contributed by atoms with Gasteiger partial charge in [0, 0.05) is 23.4 Å². The minimum absolute atomic E-state index is 0.0396. The highest BCUT2D eigenvalue weighted by molar-refractivity contribution is 7.90. The van der Waals surface area contributed by atoms with E-state index in [0.717, 1.165) is 29.1 Å². The number of halogens is 4. The first-order chi connectivity index (χ1) is 14.5. The minimum Gasteiger partial charge on any atom is -0.445 e. The summed E-state index contributed by atoms with van der Waals surface area (Å²) >= 11 is 0. The van der Waals surface area contributed by atoms with Gasteiger partial charge in [0.15, 0.2) is 15.5 Å². The fourth-order valence-electron chi connectivity index (χ4n) is 2.99. The van der Waals surface area contributed by atoms with Gasteiger partial charge in [0.2, 0.25) is 5.89 Å². The Morgan fingerprint density at radius 3 is 2.23 bits per heavy atom. The van der Waals surface area contributed by atoms with E-state index in [0.29, 0.717) is 17.0 Å². The van der Waals surface area contributed by atoms with Crippen molar-refractivity contribution in [1.82, 2.24) is 14.8 Å². The van der Waals surface area contributed by atoms with E-state index in [1.165, 1.54) is 18.5 Å². The Labute approximate surface area is 173 Å². The van der Waals surface area contributed by atoms with E-state index in [2.05, 4.69) is 10.1 Å². The second-order valence-electron chi connectivity index (χ2n) is 6.63. The lowest BCUT2D eigenvalue weighted by molar-refractivity contribution is -0.141. The fourth-order valence-corrected chi connectivity index (χ4v) is 3.72. The Balaban J connectivity index is 1.84. The minimum atomic E-state index is -4.73. The molecule has 0 spiro atoms. The van der Waals surface area contributed by atoms with Crippen LogP contribution in [0.3, 0.4) is 0 Å². The van der Waals surface area contributed by atoms with E-state index in [9.17, 15) is 26.0 Å². The van der Waals surface area contributed by atoms with Crippen LogP contribution in [0.15, 0.2) is 70.3 Å². The third-order valence-corrected chi connectivity index (χ3v) is 5.55. The largest absolute Gasteiger partial charge is 0.445 e. The van der Waals surface area contributed by atoms with Gasteiger partial charge in [-0.1, -0.05) is 12.1 Å². The molecule has 0 aliphatic rings. The molecule has 31 heavy (non-hydrogen) atoms. The van der Waals surface area contributed by atoms with Crippen LogP contribution in [0, 0.1) is 5.82 Å². The molecule has 160 valence electrons. The number of oxazole rings is 1. The van der Waals surface area contributed by atoms with Gasteiger partial charge < -0.3 is 4.42 Å². The highest BCUT2D eigenvalue weighted by Crippen LogP contribution is 2.34. The highest BCUT2D eigenvalue weighted by Gasteiger charge is 2.35. The van der Waals surface area contributed by atoms with Crippen LogP contribution in [0.4, 0.5) is 17.6 Å². The highest BCUT2D eigenvalue weighted by atomic mass is 32.2. The summed E-state index contributed by atoms with van der Waals surface area (Å²) in [5, 5.41) is 3.58. The van der Waals surface area contributed by atoms with Crippen LogP contribution < -0.4 is 0 Å². The molecule has 2 heterocycles. The zero-order valence-electron chi connectivity index (χ0n) is 15.8. The van der Waals surface area contributed by atoms with Gasteiger partial charge >= 0.3 is 6.18 Å². The molecule has 0 fully saturated rings. The number of sulfone groups is 1. The first kappa shape index (κ1) is 20.8. The monoisotopic (exact) mass is 451 g/mol. The van der Waals surface area contributed by atoms with E-state index in [-0.39, 0.29) is 11.4 Å². The first-order valence-corrected chi connectivity index (χ1v) is 10.6. The van der Waals surface area contributed by atoms with E-state index < -0.39 is 32.4 Å². The molecule has 11 heteroatoms. The first-order valence-electron chi connectivity index (χ1n) is 8.71. The standard InChI is InChI=1S/C20H13F4N3O3S/c1-31(28,29)17-7-6-14(10-15(17)21)27-16(11-18(26-27)20(22,23)24)12-2-4-13(5-3-12)19-25-8-9-30-19/h2-11H,1H3. The number of nitrogens with zero attached hydrogens (tertiary/aromatic N) is 3. The van der Waals surface area contributed by atoms with Gasteiger partial charge in [-0.05, 0) is 30.3 Å². The Morgan fingerprint density at radius 2 is 1.68 bits per heavy atom. The molecule has 2 aromatic carbocycles. The average Bonchev–Trinajstić information content (AvgIpc) is 3.37. The van der Waals surface area contributed by atoms with Crippen LogP contribution in [0.25, 0.3) is 28.4 Å². The smallest absolute Gasteiger partial charge is 0.435 e. The second kappa shape index (κ2) is 7.34. The van der Waals surface area contributed by atoms with Gasteiger partial charge in [-0.3, -0.25) is 0 Å². The van der Waals surface area contributed by atoms with Gasteiger partial charge in [0.05, 0.1) is 17.6 Å². The molecular weight excluding hydrogens is 438 g/mol. The van der Waals surface area contributed by atoms with Gasteiger partial charge in [-0.15, -0.1) is 0 Å². The van der Waals surface area contributed by atoms with Crippen molar-refractivity contribution < 1.29 is 30.4 Å². The fraction of sp³-hybridized carbons (Fsp3) is 0.100. The Morgan fingerprint density at radius 1 is 1.00 bits per heavy atom. The van der Waals surface area contributed by atoms with Crippen molar-refractivity contribution in [2.24, 2.45) is 0 Å². The molecule has 6 nitrogen and oxygen atoms in total. The van der Waals surface area contributed by atoms with E-state index >= 15 is 0 Å². The van der Waals surface area contributed by atoms with E-state index in [4.69, 9.17) is 4.42 Å². The zero-order chi connectivity index (χ0) is 22.4. The van der Waals surface area contributed by atoms with Gasteiger partial charge in [0.1, 0.15) is 17.0 Å². The van der Waals surface area contributed by atoms with Gasteiger partial charge in [-0.25, -0.2) is 22.5 Å². The predicted molar refractivity (Wildman–Crippen MR) is 103 cm³/mol. The summed E-state index contributed by atoms with van der Waals surface area (Å²) in [6.07, 6.45) is -1.05. The van der Waals surface area contributed by atoms with Gasteiger partial charge in [0.25, 0.3) is 0 Å². The molecule has 0 atom stereocenters. The topological polar surface area (TPSA) is 78.0 Å². The molecular formula is C20H13F4N3O3S. The Kier molecular flexibility index (Phi) is 4.92. The maximum Gasteiger partial charge on any atom is 0.435 e. The van der Waals surface area contributed by atoms with E-state index in [1.54, 1.807) is 24.3 Å². The second-order valence-corrected chi connectivity index (χ2v) is 8.61. The summed E-state index contributed by atoms with van der Waals surface area (Å²) in [5.41, 5.74) is -0.220. The summed E-state index contributed by atoms with van der Waals surface area (Å²) in [7, 11) is -3.84. The number of alkyl halides is 3. The summed E-state index contributed by atoms with van der Waals surface area (Å²) < 4.78 is 83.7. The molecule has 0 bridgehead atoms. The Bertz CT molecular complexity index is 1340. The van der Waals surface area contributed by atoms with Crippen molar-refractivity contribution in [3.8, 4) is 28.4 Å². The molecule has 0 N–H and O–H groups in total. The normalized spacial score (nSPS) is 12.3. The predicted octanol–water partition coefficient (Wildman–Crippen LogP) is 4.76.